The second-order valence-electron chi connectivity index (χ2n) is 7.95. The number of hydrogen-bond acceptors (Lipinski definition) is 5. The van der Waals surface area contributed by atoms with Gasteiger partial charge in [0, 0.05) is 50.1 Å². The number of thiophene rings is 1. The van der Waals surface area contributed by atoms with Crippen LogP contribution in [0, 0.1) is 5.92 Å². The number of carbonyl (C=O) groups excluding carboxylic acids is 1. The van der Waals surface area contributed by atoms with Gasteiger partial charge in [-0.25, -0.2) is 0 Å². The Morgan fingerprint density at radius 1 is 1.21 bits per heavy atom. The molecule has 29 heavy (non-hydrogen) atoms. The molecule has 1 aliphatic rings. The van der Waals surface area contributed by atoms with E-state index in [9.17, 15) is 4.79 Å². The number of hydrogen-bond donors (Lipinski definition) is 0. The quantitative estimate of drug-likeness (QED) is 0.623. The Morgan fingerprint density at radius 2 is 2.00 bits per heavy atom. The fraction of sp³-hybridized carbons (Fsp3) is 0.522. The lowest BCUT2D eigenvalue weighted by Gasteiger charge is -2.31. The normalized spacial score (nSPS) is 19.6. The summed E-state index contributed by atoms with van der Waals surface area (Å²) in [5.74, 6) is 1.65. The van der Waals surface area contributed by atoms with Gasteiger partial charge >= 0.3 is 0 Å². The van der Waals surface area contributed by atoms with Crippen LogP contribution in [0.5, 0.6) is 5.75 Å². The molecule has 0 spiro atoms. The van der Waals surface area contributed by atoms with Crippen molar-refractivity contribution in [3.8, 4) is 5.75 Å². The Morgan fingerprint density at radius 3 is 2.66 bits per heavy atom. The van der Waals surface area contributed by atoms with Crippen molar-refractivity contribution in [2.45, 2.75) is 32.4 Å². The molecular formula is C23H32N2O3S. The zero-order valence-electron chi connectivity index (χ0n) is 17.8. The molecule has 2 atom stereocenters. The summed E-state index contributed by atoms with van der Waals surface area (Å²) in [4.78, 5) is 18.5. The van der Waals surface area contributed by atoms with Gasteiger partial charge < -0.3 is 14.4 Å². The molecule has 1 aromatic carbocycles. The van der Waals surface area contributed by atoms with E-state index in [4.69, 9.17) is 9.47 Å². The first kappa shape index (κ1) is 21.8. The van der Waals surface area contributed by atoms with E-state index in [1.165, 1.54) is 10.4 Å². The maximum Gasteiger partial charge on any atom is 0.248 e. The van der Waals surface area contributed by atoms with Gasteiger partial charge in [0.1, 0.15) is 12.4 Å². The van der Waals surface area contributed by atoms with Gasteiger partial charge in [-0.15, -0.1) is 11.3 Å². The van der Waals surface area contributed by atoms with Crippen LogP contribution in [-0.2, 0) is 16.1 Å². The highest BCUT2D eigenvalue weighted by molar-refractivity contribution is 7.09. The molecule has 0 saturated carbocycles. The zero-order valence-corrected chi connectivity index (χ0v) is 18.7. The molecule has 0 bridgehead atoms. The molecular weight excluding hydrogens is 384 g/mol. The number of rotatable bonds is 9. The third kappa shape index (κ3) is 5.38. The molecule has 2 heterocycles. The Labute approximate surface area is 178 Å². The van der Waals surface area contributed by atoms with Crippen molar-refractivity contribution < 1.29 is 14.3 Å². The van der Waals surface area contributed by atoms with Crippen molar-refractivity contribution >= 4 is 17.2 Å². The van der Waals surface area contributed by atoms with Crippen LogP contribution in [0.3, 0.4) is 0 Å². The highest BCUT2D eigenvalue weighted by Crippen LogP contribution is 2.38. The molecule has 0 radical (unpaired) electrons. The number of ether oxygens (including phenoxy) is 2. The molecule has 0 unspecified atom stereocenters. The zero-order chi connectivity index (χ0) is 20.8. The van der Waals surface area contributed by atoms with Crippen molar-refractivity contribution in [2.75, 3.05) is 40.5 Å². The van der Waals surface area contributed by atoms with Crippen molar-refractivity contribution in [2.24, 2.45) is 5.92 Å². The molecule has 0 aliphatic carbocycles. The summed E-state index contributed by atoms with van der Waals surface area (Å²) >= 11 is 1.80. The molecule has 0 N–H and O–H groups in total. The second-order valence-corrected chi connectivity index (χ2v) is 8.99. The summed E-state index contributed by atoms with van der Waals surface area (Å²) in [5, 5.41) is 2.13. The lowest BCUT2D eigenvalue weighted by atomic mass is 9.87. The molecule has 158 valence electrons. The van der Waals surface area contributed by atoms with Gasteiger partial charge in [-0.05, 0) is 42.8 Å². The van der Waals surface area contributed by atoms with Crippen molar-refractivity contribution in [1.82, 2.24) is 9.80 Å². The lowest BCUT2D eigenvalue weighted by molar-refractivity contribution is -0.137. The molecule has 1 saturated heterocycles. The van der Waals surface area contributed by atoms with Crippen LogP contribution >= 0.6 is 11.3 Å². The highest BCUT2D eigenvalue weighted by Gasteiger charge is 2.37. The van der Waals surface area contributed by atoms with Crippen molar-refractivity contribution in [3.05, 3.63) is 52.2 Å². The van der Waals surface area contributed by atoms with Gasteiger partial charge in [-0.2, -0.15) is 0 Å². The van der Waals surface area contributed by atoms with E-state index in [2.05, 4.69) is 48.4 Å². The molecule has 1 aliphatic heterocycles. The summed E-state index contributed by atoms with van der Waals surface area (Å²) in [6.07, 6.45) is 0. The minimum absolute atomic E-state index is 0.0537. The summed E-state index contributed by atoms with van der Waals surface area (Å²) in [6.45, 7) is 7.88. The minimum Gasteiger partial charge on any atom is -0.496 e. The Bertz CT molecular complexity index is 778. The second kappa shape index (κ2) is 10.2. The van der Waals surface area contributed by atoms with E-state index in [-0.39, 0.29) is 18.6 Å². The van der Waals surface area contributed by atoms with Crippen LogP contribution in [-0.4, -0.2) is 62.2 Å². The van der Waals surface area contributed by atoms with E-state index in [1.54, 1.807) is 25.6 Å². The molecule has 1 amide bonds. The first-order valence-electron chi connectivity index (χ1n) is 10.2. The first-order chi connectivity index (χ1) is 14.0. The van der Waals surface area contributed by atoms with Crippen LogP contribution in [0.1, 0.15) is 30.2 Å². The topological polar surface area (TPSA) is 42.0 Å². The van der Waals surface area contributed by atoms with Gasteiger partial charge in [0.15, 0.2) is 0 Å². The van der Waals surface area contributed by atoms with Crippen LogP contribution in [0.4, 0.5) is 0 Å². The van der Waals surface area contributed by atoms with Crippen LogP contribution in [0.25, 0.3) is 0 Å². The van der Waals surface area contributed by atoms with E-state index >= 15 is 0 Å². The predicted molar refractivity (Wildman–Crippen MR) is 118 cm³/mol. The largest absolute Gasteiger partial charge is 0.496 e. The van der Waals surface area contributed by atoms with Crippen LogP contribution < -0.4 is 4.74 Å². The Hall–Kier alpha value is -1.89. The summed E-state index contributed by atoms with van der Waals surface area (Å²) < 4.78 is 10.8. The van der Waals surface area contributed by atoms with E-state index in [0.717, 1.165) is 31.9 Å². The number of benzene rings is 1. The predicted octanol–water partition coefficient (Wildman–Crippen LogP) is 3.86. The van der Waals surface area contributed by atoms with E-state index < -0.39 is 0 Å². The molecule has 1 fully saturated rings. The molecule has 1 aromatic heterocycles. The lowest BCUT2D eigenvalue weighted by Crippen LogP contribution is -2.43. The molecule has 5 nitrogen and oxygen atoms in total. The molecule has 2 aromatic rings. The van der Waals surface area contributed by atoms with Crippen molar-refractivity contribution in [1.29, 1.82) is 0 Å². The third-order valence-electron chi connectivity index (χ3n) is 5.66. The summed E-state index contributed by atoms with van der Waals surface area (Å²) in [5.41, 5.74) is 1.23. The van der Waals surface area contributed by atoms with E-state index in [1.807, 2.05) is 17.0 Å². The number of para-hydroxylation sites is 1. The Kier molecular flexibility index (Phi) is 7.70. The monoisotopic (exact) mass is 416 g/mol. The van der Waals surface area contributed by atoms with Gasteiger partial charge in [-0.3, -0.25) is 9.69 Å². The first-order valence-corrected chi connectivity index (χ1v) is 11.1. The maximum atomic E-state index is 12.6. The van der Waals surface area contributed by atoms with Crippen LogP contribution in [0.2, 0.25) is 0 Å². The number of methoxy groups -OCH3 is 2. The molecule has 3 rings (SSSR count). The molecule has 6 heteroatoms. The fourth-order valence-electron chi connectivity index (χ4n) is 4.28. The Balaban J connectivity index is 1.84. The summed E-state index contributed by atoms with van der Waals surface area (Å²) in [7, 11) is 3.31. The number of nitrogens with zero attached hydrogens (tertiary/aromatic N) is 2. The van der Waals surface area contributed by atoms with Crippen molar-refractivity contribution in [3.63, 3.8) is 0 Å². The van der Waals surface area contributed by atoms with Gasteiger partial charge in [0.05, 0.1) is 7.11 Å². The highest BCUT2D eigenvalue weighted by atomic mass is 32.1. The fourth-order valence-corrected chi connectivity index (χ4v) is 5.03. The van der Waals surface area contributed by atoms with Gasteiger partial charge in [0.25, 0.3) is 0 Å². The van der Waals surface area contributed by atoms with E-state index in [0.29, 0.717) is 11.8 Å². The average molecular weight is 417 g/mol. The van der Waals surface area contributed by atoms with Gasteiger partial charge in [0.2, 0.25) is 5.91 Å². The maximum absolute atomic E-state index is 12.6. The number of likely N-dealkylation sites (tertiary alicyclic amines) is 1. The van der Waals surface area contributed by atoms with Gasteiger partial charge in [-0.1, -0.05) is 24.3 Å². The van der Waals surface area contributed by atoms with Crippen LogP contribution in [0.15, 0.2) is 41.8 Å². The smallest absolute Gasteiger partial charge is 0.248 e. The SMILES string of the molecule is COCC(=O)N(C[C@@H]1CN(Cc2cccs2)C[C@@H]1c1ccccc1OC)C(C)C. The third-order valence-corrected chi connectivity index (χ3v) is 6.52. The standard InChI is InChI=1S/C23H32N2O3S/c1-17(2)25(23(26)16-27-3)13-18-12-24(14-19-8-7-11-29-19)15-21(18)20-9-5-6-10-22(20)28-4/h5-11,17-18,21H,12-16H2,1-4H3/t18-,21-/m0/s1. The number of carbonyl (C=O) groups is 1. The summed E-state index contributed by atoms with van der Waals surface area (Å²) in [6, 6.07) is 12.7. The average Bonchev–Trinajstić information content (AvgIpc) is 3.36. The number of amides is 1. The minimum atomic E-state index is 0.0537.